The van der Waals surface area contributed by atoms with E-state index in [1.165, 1.54) is 17.4 Å². The lowest BCUT2D eigenvalue weighted by atomic mass is 10.1. The van der Waals surface area contributed by atoms with Crippen LogP contribution in [0.5, 0.6) is 11.5 Å². The molecule has 0 atom stereocenters. The number of aliphatic carboxylic acids is 1. The molecule has 2 heterocycles. The monoisotopic (exact) mass is 638 g/mol. The van der Waals surface area contributed by atoms with Crippen molar-refractivity contribution in [3.8, 4) is 22.8 Å². The third-order valence-electron chi connectivity index (χ3n) is 5.82. The summed E-state index contributed by atoms with van der Waals surface area (Å²) in [5.41, 5.74) is 6.57. The summed E-state index contributed by atoms with van der Waals surface area (Å²) in [5.74, 6) is -3.37. The number of carbonyl (C=O) groups is 2. The Labute approximate surface area is 244 Å². The van der Waals surface area contributed by atoms with Crippen LogP contribution in [0.3, 0.4) is 0 Å². The highest BCUT2D eigenvalue weighted by Gasteiger charge is 2.38. The molecular formula is C26H25F7N4O5S. The summed E-state index contributed by atoms with van der Waals surface area (Å²) >= 11 is 1.18. The van der Waals surface area contributed by atoms with Gasteiger partial charge in [-0.2, -0.15) is 13.2 Å². The summed E-state index contributed by atoms with van der Waals surface area (Å²) in [6, 6.07) is 10.6. The van der Waals surface area contributed by atoms with Gasteiger partial charge in [-0.15, -0.1) is 24.5 Å². The number of thiazole rings is 1. The minimum Gasteiger partial charge on any atom is -0.492 e. The Balaban J connectivity index is 0.000000646. The molecule has 0 saturated carbocycles. The second kappa shape index (κ2) is 14.4. The molecule has 0 aliphatic carbocycles. The highest BCUT2D eigenvalue weighted by Crippen LogP contribution is 2.35. The SMILES string of the molecule is NC(=O)c1ccc(OC(F)(F)F)c(Nc2nc(-c3ccc(OCCN4CCC(F)CC4)cc3)cs2)c1.O=C(O)C(F)(F)F. The molecule has 1 aliphatic heterocycles. The van der Waals surface area contributed by atoms with Crippen molar-refractivity contribution in [1.29, 1.82) is 0 Å². The average Bonchev–Trinajstić information content (AvgIpc) is 3.38. The van der Waals surface area contributed by atoms with Gasteiger partial charge in [0.15, 0.2) is 10.9 Å². The van der Waals surface area contributed by atoms with Crippen molar-refractivity contribution in [2.45, 2.75) is 31.6 Å². The molecule has 2 aromatic carbocycles. The summed E-state index contributed by atoms with van der Waals surface area (Å²) in [6.07, 6.45) is -9.57. The third-order valence-corrected chi connectivity index (χ3v) is 6.58. The Kier molecular flexibility index (Phi) is 11.2. The van der Waals surface area contributed by atoms with Gasteiger partial charge in [0.1, 0.15) is 18.5 Å². The van der Waals surface area contributed by atoms with Gasteiger partial charge in [-0.3, -0.25) is 9.69 Å². The highest BCUT2D eigenvalue weighted by atomic mass is 32.1. The molecule has 9 nitrogen and oxygen atoms in total. The van der Waals surface area contributed by atoms with Crippen molar-refractivity contribution in [3.63, 3.8) is 0 Å². The van der Waals surface area contributed by atoms with Gasteiger partial charge in [0.25, 0.3) is 0 Å². The van der Waals surface area contributed by atoms with Crippen molar-refractivity contribution in [3.05, 3.63) is 53.4 Å². The normalized spacial score (nSPS) is 14.4. The topological polar surface area (TPSA) is 127 Å². The number of rotatable bonds is 9. The molecule has 0 unspecified atom stereocenters. The van der Waals surface area contributed by atoms with Crippen LogP contribution in [0.4, 0.5) is 41.6 Å². The lowest BCUT2D eigenvalue weighted by Gasteiger charge is -2.28. The largest absolute Gasteiger partial charge is 0.573 e. The first-order chi connectivity index (χ1) is 20.1. The molecule has 1 amide bonds. The van der Waals surface area contributed by atoms with E-state index in [1.807, 2.05) is 12.1 Å². The number of primary amides is 1. The first-order valence-corrected chi connectivity index (χ1v) is 13.3. The predicted molar refractivity (Wildman–Crippen MR) is 142 cm³/mol. The van der Waals surface area contributed by atoms with Gasteiger partial charge in [0, 0.05) is 36.1 Å². The molecule has 4 rings (SSSR count). The number of hydrogen-bond acceptors (Lipinski definition) is 8. The maximum atomic E-state index is 13.2. The highest BCUT2D eigenvalue weighted by molar-refractivity contribution is 7.14. The molecule has 234 valence electrons. The summed E-state index contributed by atoms with van der Waals surface area (Å²) in [7, 11) is 0. The predicted octanol–water partition coefficient (Wildman–Crippen LogP) is 6.00. The number of alkyl halides is 7. The van der Waals surface area contributed by atoms with E-state index >= 15 is 0 Å². The summed E-state index contributed by atoms with van der Waals surface area (Å²) < 4.78 is 93.1. The van der Waals surface area contributed by atoms with Crippen LogP contribution in [0.1, 0.15) is 23.2 Å². The number of amides is 1. The van der Waals surface area contributed by atoms with Gasteiger partial charge in [-0.05, 0) is 55.3 Å². The Morgan fingerprint density at radius 2 is 1.70 bits per heavy atom. The Hall–Kier alpha value is -4.12. The van der Waals surface area contributed by atoms with Crippen LogP contribution in [-0.2, 0) is 4.79 Å². The van der Waals surface area contributed by atoms with E-state index in [-0.39, 0.29) is 11.3 Å². The first kappa shape index (κ1) is 33.4. The Bertz CT molecular complexity index is 1380. The number of hydrogen-bond donors (Lipinski definition) is 3. The smallest absolute Gasteiger partial charge is 0.492 e. The van der Waals surface area contributed by atoms with Crippen LogP contribution in [0.15, 0.2) is 47.8 Å². The van der Waals surface area contributed by atoms with E-state index in [2.05, 4.69) is 19.9 Å². The van der Waals surface area contributed by atoms with Crippen LogP contribution in [0.25, 0.3) is 11.3 Å². The summed E-state index contributed by atoms with van der Waals surface area (Å²) in [6.45, 7) is 2.70. The average molecular weight is 639 g/mol. The molecule has 0 spiro atoms. The first-order valence-electron chi connectivity index (χ1n) is 12.4. The minimum absolute atomic E-state index is 0.0197. The van der Waals surface area contributed by atoms with Gasteiger partial charge in [0.2, 0.25) is 5.91 Å². The van der Waals surface area contributed by atoms with Crippen LogP contribution in [0, 0.1) is 0 Å². The fraction of sp³-hybridized carbons (Fsp3) is 0.346. The lowest BCUT2D eigenvalue weighted by molar-refractivity contribution is -0.274. The van der Waals surface area contributed by atoms with Gasteiger partial charge in [-0.1, -0.05) is 0 Å². The second-order valence-electron chi connectivity index (χ2n) is 8.98. The third kappa shape index (κ3) is 10.9. The number of carbonyl (C=O) groups excluding carboxylic acids is 1. The maximum Gasteiger partial charge on any atom is 0.573 e. The lowest BCUT2D eigenvalue weighted by Crippen LogP contribution is -2.37. The van der Waals surface area contributed by atoms with E-state index in [0.29, 0.717) is 36.0 Å². The van der Waals surface area contributed by atoms with E-state index in [1.54, 1.807) is 17.5 Å². The zero-order valence-electron chi connectivity index (χ0n) is 22.0. The number of anilines is 2. The number of halogens is 7. The van der Waals surface area contributed by atoms with Gasteiger partial charge in [0.05, 0.1) is 11.4 Å². The second-order valence-corrected chi connectivity index (χ2v) is 9.84. The number of carboxylic acid groups (broad SMARTS) is 1. The van der Waals surface area contributed by atoms with E-state index in [0.717, 1.165) is 37.3 Å². The number of nitrogens with one attached hydrogen (secondary N) is 1. The maximum absolute atomic E-state index is 13.2. The van der Waals surface area contributed by atoms with E-state index < -0.39 is 36.3 Å². The number of aromatic nitrogens is 1. The number of likely N-dealkylation sites (tertiary alicyclic amines) is 1. The molecule has 0 bridgehead atoms. The zero-order valence-corrected chi connectivity index (χ0v) is 22.9. The molecule has 3 aromatic rings. The molecule has 43 heavy (non-hydrogen) atoms. The Morgan fingerprint density at radius 1 is 1.07 bits per heavy atom. The number of ether oxygens (including phenoxy) is 2. The van der Waals surface area contributed by atoms with Crippen LogP contribution < -0.4 is 20.5 Å². The molecule has 17 heteroatoms. The number of carboxylic acids is 1. The van der Waals surface area contributed by atoms with Crippen LogP contribution in [0.2, 0.25) is 0 Å². The molecule has 1 saturated heterocycles. The number of nitrogens with zero attached hydrogens (tertiary/aromatic N) is 2. The molecule has 1 fully saturated rings. The van der Waals surface area contributed by atoms with Gasteiger partial charge < -0.3 is 25.6 Å². The van der Waals surface area contributed by atoms with Crippen molar-refractivity contribution in [2.24, 2.45) is 5.73 Å². The number of nitrogens with two attached hydrogens (primary N) is 1. The number of piperidine rings is 1. The molecular weight excluding hydrogens is 613 g/mol. The van der Waals surface area contributed by atoms with Crippen molar-refractivity contribution < 1.29 is 54.9 Å². The summed E-state index contributed by atoms with van der Waals surface area (Å²) in [4.78, 5) is 27.0. The molecule has 4 N–H and O–H groups in total. The van der Waals surface area contributed by atoms with Crippen molar-refractivity contribution in [1.82, 2.24) is 9.88 Å². The van der Waals surface area contributed by atoms with Gasteiger partial charge >= 0.3 is 18.5 Å². The molecule has 1 aromatic heterocycles. The summed E-state index contributed by atoms with van der Waals surface area (Å²) in [5, 5.41) is 11.9. The van der Waals surface area contributed by atoms with Crippen molar-refractivity contribution >= 4 is 34.0 Å². The number of benzene rings is 2. The molecule has 1 aliphatic rings. The van der Waals surface area contributed by atoms with E-state index in [9.17, 15) is 35.5 Å². The fourth-order valence-corrected chi connectivity index (χ4v) is 4.45. The van der Waals surface area contributed by atoms with Crippen LogP contribution in [-0.4, -0.2) is 71.8 Å². The zero-order chi connectivity index (χ0) is 31.8. The minimum atomic E-state index is -5.08. The van der Waals surface area contributed by atoms with Gasteiger partial charge in [-0.25, -0.2) is 14.2 Å². The Morgan fingerprint density at radius 3 is 2.26 bits per heavy atom. The standard InChI is InChI=1S/C24H24F4N4O3S.C2HF3O2/c25-17-7-9-32(10-8-17)11-12-34-18-4-1-15(2-5-18)20-14-36-23(31-20)30-19-13-16(22(29)33)3-6-21(19)35-24(26,27)28;3-2(4,5)1(6)7/h1-6,13-14,17H,7-12H2,(H2,29,33)(H,30,31);(H,6,7). The fourth-order valence-electron chi connectivity index (χ4n) is 3.71. The molecule has 0 radical (unpaired) electrons. The quantitative estimate of drug-likeness (QED) is 0.244. The van der Waals surface area contributed by atoms with E-state index in [4.69, 9.17) is 20.4 Å². The van der Waals surface area contributed by atoms with Crippen molar-refractivity contribution in [2.75, 3.05) is 31.6 Å². The van der Waals surface area contributed by atoms with Crippen LogP contribution >= 0.6 is 11.3 Å².